The molecule has 0 saturated carbocycles. The van der Waals surface area contributed by atoms with Crippen LogP contribution in [0.2, 0.25) is 5.02 Å². The van der Waals surface area contributed by atoms with E-state index < -0.39 is 0 Å². The lowest BCUT2D eigenvalue weighted by Crippen LogP contribution is -2.07. The Hall–Kier alpha value is -2.06. The summed E-state index contributed by atoms with van der Waals surface area (Å²) in [4.78, 5) is 4.37. The highest BCUT2D eigenvalue weighted by Gasteiger charge is 2.10. The minimum Gasteiger partial charge on any atom is -0.378 e. The van der Waals surface area contributed by atoms with Crippen LogP contribution in [0.3, 0.4) is 0 Å². The fourth-order valence-corrected chi connectivity index (χ4v) is 2.67. The van der Waals surface area contributed by atoms with Crippen LogP contribution in [0, 0.1) is 0 Å². The second kappa shape index (κ2) is 5.51. The highest BCUT2D eigenvalue weighted by molar-refractivity contribution is 6.31. The van der Waals surface area contributed by atoms with E-state index in [0.29, 0.717) is 0 Å². The summed E-state index contributed by atoms with van der Waals surface area (Å²) in [6.07, 6.45) is 1.81. The van der Waals surface area contributed by atoms with Crippen LogP contribution in [0.5, 0.6) is 0 Å². The Balaban J connectivity index is 1.96. The van der Waals surface area contributed by atoms with Crippen molar-refractivity contribution in [3.63, 3.8) is 0 Å². The predicted molar refractivity (Wildman–Crippen MR) is 85.2 cm³/mol. The smallest absolute Gasteiger partial charge is 0.0722 e. The Kier molecular flexibility index (Phi) is 3.57. The van der Waals surface area contributed by atoms with Gasteiger partial charge in [-0.25, -0.2) is 0 Å². The molecule has 1 N–H and O–H groups in total. The molecule has 1 atom stereocenters. The zero-order chi connectivity index (χ0) is 13.9. The van der Waals surface area contributed by atoms with E-state index in [9.17, 15) is 0 Å². The van der Waals surface area contributed by atoms with Gasteiger partial charge in [0.15, 0.2) is 0 Å². The molecule has 0 fully saturated rings. The van der Waals surface area contributed by atoms with Crippen molar-refractivity contribution in [3.8, 4) is 0 Å². The second-order valence-corrected chi connectivity index (χ2v) is 5.17. The molecule has 1 aromatic heterocycles. The van der Waals surface area contributed by atoms with Gasteiger partial charge in [0.25, 0.3) is 0 Å². The molecule has 20 heavy (non-hydrogen) atoms. The first-order valence-electron chi connectivity index (χ1n) is 6.60. The third kappa shape index (κ3) is 2.47. The lowest BCUT2D eigenvalue weighted by atomic mass is 10.1. The standard InChI is InChI=1S/C17H15ClN2/c1-12(13-6-2-3-8-15(13)18)20-17-10-4-9-16-14(17)7-5-11-19-16/h2-12,20H,1H3. The maximum absolute atomic E-state index is 6.25. The first kappa shape index (κ1) is 12.9. The van der Waals surface area contributed by atoms with Gasteiger partial charge in [0, 0.05) is 22.3 Å². The van der Waals surface area contributed by atoms with E-state index in [1.165, 1.54) is 0 Å². The summed E-state index contributed by atoms with van der Waals surface area (Å²) in [5.74, 6) is 0. The number of hydrogen-bond donors (Lipinski definition) is 1. The van der Waals surface area contributed by atoms with Gasteiger partial charge in [0.1, 0.15) is 0 Å². The molecule has 0 saturated heterocycles. The predicted octanol–water partition coefficient (Wildman–Crippen LogP) is 5.06. The van der Waals surface area contributed by atoms with Crippen molar-refractivity contribution in [1.29, 1.82) is 0 Å². The second-order valence-electron chi connectivity index (χ2n) is 4.76. The van der Waals surface area contributed by atoms with Gasteiger partial charge in [0.2, 0.25) is 0 Å². The average molecular weight is 283 g/mol. The van der Waals surface area contributed by atoms with Crippen molar-refractivity contribution in [1.82, 2.24) is 4.98 Å². The molecule has 1 unspecified atom stereocenters. The van der Waals surface area contributed by atoms with Crippen LogP contribution >= 0.6 is 11.6 Å². The minimum absolute atomic E-state index is 0.134. The van der Waals surface area contributed by atoms with Crippen molar-refractivity contribution in [2.45, 2.75) is 13.0 Å². The first-order valence-corrected chi connectivity index (χ1v) is 6.98. The lowest BCUT2D eigenvalue weighted by molar-refractivity contribution is 0.887. The average Bonchev–Trinajstić information content (AvgIpc) is 2.48. The summed E-state index contributed by atoms with van der Waals surface area (Å²) in [5, 5.41) is 5.42. The molecule has 0 amide bonds. The number of nitrogens with zero attached hydrogens (tertiary/aromatic N) is 1. The fourth-order valence-electron chi connectivity index (χ4n) is 2.37. The summed E-state index contributed by atoms with van der Waals surface area (Å²) in [7, 11) is 0. The molecule has 1 heterocycles. The van der Waals surface area contributed by atoms with Gasteiger partial charge >= 0.3 is 0 Å². The zero-order valence-electron chi connectivity index (χ0n) is 11.2. The Labute approximate surface area is 123 Å². The number of hydrogen-bond acceptors (Lipinski definition) is 2. The molecule has 0 aliphatic heterocycles. The number of pyridine rings is 1. The highest BCUT2D eigenvalue weighted by Crippen LogP contribution is 2.28. The number of anilines is 1. The minimum atomic E-state index is 0.134. The molecule has 0 aliphatic carbocycles. The Morgan fingerprint density at radius 1 is 1.00 bits per heavy atom. The monoisotopic (exact) mass is 282 g/mol. The molecule has 0 bridgehead atoms. The zero-order valence-corrected chi connectivity index (χ0v) is 11.9. The summed E-state index contributed by atoms with van der Waals surface area (Å²) >= 11 is 6.25. The van der Waals surface area contributed by atoms with Gasteiger partial charge in [0.05, 0.1) is 11.6 Å². The molecule has 100 valence electrons. The fraction of sp³-hybridized carbons (Fsp3) is 0.118. The SMILES string of the molecule is CC(Nc1cccc2ncccc12)c1ccccc1Cl. The van der Waals surface area contributed by atoms with Crippen molar-refractivity contribution < 1.29 is 0 Å². The summed E-state index contributed by atoms with van der Waals surface area (Å²) < 4.78 is 0. The van der Waals surface area contributed by atoms with E-state index in [1.807, 2.05) is 48.7 Å². The Bertz CT molecular complexity index is 734. The van der Waals surface area contributed by atoms with E-state index in [4.69, 9.17) is 11.6 Å². The van der Waals surface area contributed by atoms with Crippen LogP contribution < -0.4 is 5.32 Å². The molecular weight excluding hydrogens is 268 g/mol. The van der Waals surface area contributed by atoms with Gasteiger partial charge in [-0.15, -0.1) is 0 Å². The molecule has 2 nitrogen and oxygen atoms in total. The molecule has 2 aromatic carbocycles. The van der Waals surface area contributed by atoms with Gasteiger partial charge in [-0.1, -0.05) is 35.9 Å². The topological polar surface area (TPSA) is 24.9 Å². The number of fused-ring (bicyclic) bond motifs is 1. The van der Waals surface area contributed by atoms with E-state index in [1.54, 1.807) is 0 Å². The van der Waals surface area contributed by atoms with Crippen LogP contribution in [-0.4, -0.2) is 4.98 Å². The maximum Gasteiger partial charge on any atom is 0.0722 e. The van der Waals surface area contributed by atoms with Crippen LogP contribution in [0.15, 0.2) is 60.8 Å². The van der Waals surface area contributed by atoms with Gasteiger partial charge in [-0.05, 0) is 42.8 Å². The Morgan fingerprint density at radius 3 is 2.70 bits per heavy atom. The van der Waals surface area contributed by atoms with Crippen LogP contribution in [0.4, 0.5) is 5.69 Å². The van der Waals surface area contributed by atoms with E-state index in [0.717, 1.165) is 27.2 Å². The molecule has 0 aliphatic rings. The van der Waals surface area contributed by atoms with Crippen LogP contribution in [0.25, 0.3) is 10.9 Å². The van der Waals surface area contributed by atoms with Gasteiger partial charge in [-0.2, -0.15) is 0 Å². The van der Waals surface area contributed by atoms with Crippen LogP contribution in [-0.2, 0) is 0 Å². The summed E-state index contributed by atoms with van der Waals surface area (Å²) in [6.45, 7) is 2.11. The van der Waals surface area contributed by atoms with Gasteiger partial charge in [-0.3, -0.25) is 4.98 Å². The van der Waals surface area contributed by atoms with Crippen molar-refractivity contribution in [3.05, 3.63) is 71.4 Å². The summed E-state index contributed by atoms with van der Waals surface area (Å²) in [5.41, 5.74) is 3.15. The highest BCUT2D eigenvalue weighted by atomic mass is 35.5. The quantitative estimate of drug-likeness (QED) is 0.726. The molecular formula is C17H15ClN2. The van der Waals surface area contributed by atoms with E-state index >= 15 is 0 Å². The normalized spacial score (nSPS) is 12.3. The van der Waals surface area contributed by atoms with Gasteiger partial charge < -0.3 is 5.32 Å². The first-order chi connectivity index (χ1) is 9.75. The van der Waals surface area contributed by atoms with Crippen LogP contribution in [0.1, 0.15) is 18.5 Å². The molecule has 3 rings (SSSR count). The molecule has 3 aromatic rings. The molecule has 0 radical (unpaired) electrons. The molecule has 0 spiro atoms. The third-order valence-corrected chi connectivity index (χ3v) is 3.73. The number of nitrogens with one attached hydrogen (secondary N) is 1. The largest absolute Gasteiger partial charge is 0.378 e. The maximum atomic E-state index is 6.25. The number of aromatic nitrogens is 1. The van der Waals surface area contributed by atoms with E-state index in [2.05, 4.69) is 29.4 Å². The number of rotatable bonds is 3. The van der Waals surface area contributed by atoms with Crippen molar-refractivity contribution in [2.75, 3.05) is 5.32 Å². The molecule has 3 heteroatoms. The van der Waals surface area contributed by atoms with Crippen molar-refractivity contribution >= 4 is 28.2 Å². The lowest BCUT2D eigenvalue weighted by Gasteiger charge is -2.18. The van der Waals surface area contributed by atoms with E-state index in [-0.39, 0.29) is 6.04 Å². The Morgan fingerprint density at radius 2 is 1.85 bits per heavy atom. The van der Waals surface area contributed by atoms with Crippen molar-refractivity contribution in [2.24, 2.45) is 0 Å². The number of benzene rings is 2. The number of halogens is 1. The summed E-state index contributed by atoms with van der Waals surface area (Å²) in [6, 6.07) is 18.2. The third-order valence-electron chi connectivity index (χ3n) is 3.39.